The zero-order valence-corrected chi connectivity index (χ0v) is 32.9. The molecule has 0 unspecified atom stereocenters. The van der Waals surface area contributed by atoms with Crippen molar-refractivity contribution in [2.24, 2.45) is 0 Å². The highest BCUT2D eigenvalue weighted by Crippen LogP contribution is 2.32. The van der Waals surface area contributed by atoms with Crippen LogP contribution in [0.1, 0.15) is 124 Å². The van der Waals surface area contributed by atoms with Crippen LogP contribution < -0.4 is 0 Å². The van der Waals surface area contributed by atoms with Gasteiger partial charge in [-0.3, -0.25) is 9.59 Å². The van der Waals surface area contributed by atoms with Gasteiger partial charge in [0.1, 0.15) is 0 Å². The molecule has 0 radical (unpaired) electrons. The van der Waals surface area contributed by atoms with Crippen LogP contribution in [0.15, 0.2) is 46.2 Å². The Labute approximate surface area is 302 Å². The molecule has 0 N–H and O–H groups in total. The lowest BCUT2D eigenvalue weighted by Gasteiger charge is -2.24. The summed E-state index contributed by atoms with van der Waals surface area (Å²) in [6, 6.07) is 8.01. The molecule has 2 aromatic rings. The number of carbonyl (C=O) groups is 2. The maximum atomic E-state index is 13.6. The van der Waals surface area contributed by atoms with Crippen molar-refractivity contribution in [3.05, 3.63) is 58.7 Å². The van der Waals surface area contributed by atoms with E-state index in [-0.39, 0.29) is 32.0 Å². The van der Waals surface area contributed by atoms with Gasteiger partial charge >= 0.3 is 0 Å². The molecular formula is C38H60N4O6S2. The first-order valence-corrected chi connectivity index (χ1v) is 21.5. The molecule has 0 heterocycles. The third kappa shape index (κ3) is 10.8. The van der Waals surface area contributed by atoms with Gasteiger partial charge in [-0.25, -0.2) is 25.4 Å². The van der Waals surface area contributed by atoms with Crippen molar-refractivity contribution in [2.75, 3.05) is 66.5 Å². The van der Waals surface area contributed by atoms with Crippen LogP contribution in [0.4, 0.5) is 0 Å². The van der Waals surface area contributed by atoms with E-state index in [1.54, 1.807) is 0 Å². The normalized spacial score (nSPS) is 13.6. The van der Waals surface area contributed by atoms with Crippen LogP contribution in [0.3, 0.4) is 0 Å². The van der Waals surface area contributed by atoms with Crippen molar-refractivity contribution in [2.45, 2.75) is 102 Å². The molecule has 0 bridgehead atoms. The summed E-state index contributed by atoms with van der Waals surface area (Å²) < 4.78 is 56.8. The van der Waals surface area contributed by atoms with Gasteiger partial charge in [0, 0.05) is 49.4 Å². The molecule has 0 aliphatic heterocycles. The Morgan fingerprint density at radius 2 is 0.740 bits per heavy atom. The van der Waals surface area contributed by atoms with Crippen LogP contribution in [0.25, 0.3) is 0 Å². The fourth-order valence-corrected chi connectivity index (χ4v) is 8.73. The van der Waals surface area contributed by atoms with Gasteiger partial charge in [0.15, 0.2) is 11.6 Å². The van der Waals surface area contributed by atoms with Crippen molar-refractivity contribution in [3.8, 4) is 0 Å². The van der Waals surface area contributed by atoms with Crippen LogP contribution >= 0.6 is 0 Å². The molecule has 0 aromatic heterocycles. The third-order valence-corrected chi connectivity index (χ3v) is 13.3. The first kappa shape index (κ1) is 41.9. The van der Waals surface area contributed by atoms with Gasteiger partial charge in [-0.1, -0.05) is 53.4 Å². The molecule has 0 atom stereocenters. The first-order valence-electron chi connectivity index (χ1n) is 18.6. The van der Waals surface area contributed by atoms with Crippen molar-refractivity contribution in [1.82, 2.24) is 18.4 Å². The largest absolute Gasteiger partial charge is 0.303 e. The molecule has 0 spiro atoms. The van der Waals surface area contributed by atoms with E-state index in [0.29, 0.717) is 25.9 Å². The Morgan fingerprint density at radius 1 is 0.440 bits per heavy atom. The summed E-state index contributed by atoms with van der Waals surface area (Å²) in [7, 11) is -4.77. The van der Waals surface area contributed by atoms with E-state index in [1.165, 1.54) is 59.1 Å². The van der Waals surface area contributed by atoms with E-state index in [1.807, 2.05) is 0 Å². The highest BCUT2D eigenvalue weighted by molar-refractivity contribution is 7.89. The Bertz CT molecular complexity index is 1510. The number of rotatable bonds is 24. The summed E-state index contributed by atoms with van der Waals surface area (Å²) in [6.45, 7) is 14.9. The zero-order chi connectivity index (χ0) is 36.9. The summed E-state index contributed by atoms with van der Waals surface area (Å²) in [5, 5.41) is 0. The third-order valence-electron chi connectivity index (χ3n) is 9.58. The summed E-state index contributed by atoms with van der Waals surface area (Å²) in [6.07, 6.45) is 10.2. The number of hydrogen-bond acceptors (Lipinski definition) is 8. The second-order valence-corrected chi connectivity index (χ2v) is 17.6. The number of unbranched alkanes of at least 4 members (excludes halogenated alkanes) is 4. The number of sulfonamides is 2. The molecule has 50 heavy (non-hydrogen) atoms. The Kier molecular flexibility index (Phi) is 16.7. The van der Waals surface area contributed by atoms with E-state index >= 15 is 0 Å². The molecule has 10 nitrogen and oxygen atoms in total. The Morgan fingerprint density at radius 3 is 1.04 bits per heavy atom. The molecule has 0 fully saturated rings. The van der Waals surface area contributed by atoms with Crippen molar-refractivity contribution in [1.29, 1.82) is 0 Å². The highest BCUT2D eigenvalue weighted by atomic mass is 32.2. The molecule has 0 saturated carbocycles. The molecule has 3 rings (SSSR count). The van der Waals surface area contributed by atoms with E-state index in [9.17, 15) is 26.4 Å². The van der Waals surface area contributed by atoms with Gasteiger partial charge in [-0.2, -0.15) is 0 Å². The summed E-state index contributed by atoms with van der Waals surface area (Å²) >= 11 is 0. The van der Waals surface area contributed by atoms with E-state index in [2.05, 4.69) is 37.5 Å². The van der Waals surface area contributed by atoms with Crippen molar-refractivity contribution < 1.29 is 26.4 Å². The zero-order valence-electron chi connectivity index (χ0n) is 31.2. The molecule has 0 amide bonds. The van der Waals surface area contributed by atoms with E-state index < -0.39 is 31.6 Å². The Hall–Kier alpha value is -2.48. The van der Waals surface area contributed by atoms with E-state index in [0.717, 1.165) is 90.6 Å². The standard InChI is InChI=1S/C38H60N4O6S2/c1-7-11-23-41(24-12-8-2)27-15-21-39(5)49(45,46)31-17-19-33-35(29-31)37(43)34-20-18-32(30-36(34)38(33)44)50(47,48)40(6)22-16-28-42(25-13-9-3)26-14-10-4/h17-20,29-30H,7-16,21-28H2,1-6H3. The van der Waals surface area contributed by atoms with Gasteiger partial charge in [0.2, 0.25) is 20.0 Å². The maximum absolute atomic E-state index is 13.6. The maximum Gasteiger partial charge on any atom is 0.242 e. The van der Waals surface area contributed by atoms with Crippen molar-refractivity contribution in [3.63, 3.8) is 0 Å². The number of nitrogens with zero attached hydrogens (tertiary/aromatic N) is 4. The fourth-order valence-electron chi connectivity index (χ4n) is 6.26. The van der Waals surface area contributed by atoms with Gasteiger partial charge in [0.05, 0.1) is 9.79 Å². The molecule has 280 valence electrons. The Balaban J connectivity index is 1.73. The number of hydrogen-bond donors (Lipinski definition) is 0. The van der Waals surface area contributed by atoms with Crippen LogP contribution in [-0.4, -0.2) is 113 Å². The second-order valence-electron chi connectivity index (χ2n) is 13.5. The summed E-state index contributed by atoms with van der Waals surface area (Å²) in [5.74, 6) is -1.01. The molecule has 2 aromatic carbocycles. The summed E-state index contributed by atoms with van der Waals surface area (Å²) in [4.78, 5) is 32.0. The molecule has 1 aliphatic carbocycles. The number of fused-ring (bicyclic) bond motifs is 2. The van der Waals surface area contributed by atoms with Crippen LogP contribution in [0, 0.1) is 0 Å². The topological polar surface area (TPSA) is 115 Å². The van der Waals surface area contributed by atoms with Gasteiger partial charge in [-0.05, 0) is 114 Å². The predicted octanol–water partition coefficient (Wildman–Crippen LogP) is 6.29. The lowest BCUT2D eigenvalue weighted by molar-refractivity contribution is 0.0978. The fraction of sp³-hybridized carbons (Fsp3) is 0.632. The highest BCUT2D eigenvalue weighted by Gasteiger charge is 2.34. The average molecular weight is 733 g/mol. The lowest BCUT2D eigenvalue weighted by atomic mass is 9.84. The molecular weight excluding hydrogens is 673 g/mol. The molecule has 1 aliphatic rings. The van der Waals surface area contributed by atoms with Gasteiger partial charge in [-0.15, -0.1) is 0 Å². The summed E-state index contributed by atoms with van der Waals surface area (Å²) in [5.41, 5.74) is 0.138. The minimum absolute atomic E-state index is 0.00528. The monoisotopic (exact) mass is 732 g/mol. The lowest BCUT2D eigenvalue weighted by Crippen LogP contribution is -2.33. The quantitative estimate of drug-likeness (QED) is 0.106. The first-order chi connectivity index (χ1) is 23.8. The number of benzene rings is 2. The number of ketones is 2. The predicted molar refractivity (Wildman–Crippen MR) is 201 cm³/mol. The van der Waals surface area contributed by atoms with E-state index in [4.69, 9.17) is 0 Å². The van der Waals surface area contributed by atoms with Gasteiger partial charge < -0.3 is 9.80 Å². The van der Waals surface area contributed by atoms with Crippen LogP contribution in [0.2, 0.25) is 0 Å². The molecule has 12 heteroatoms. The minimum Gasteiger partial charge on any atom is -0.303 e. The number of carbonyl (C=O) groups excluding carboxylic acids is 2. The average Bonchev–Trinajstić information content (AvgIpc) is 3.11. The van der Waals surface area contributed by atoms with Crippen LogP contribution in [-0.2, 0) is 20.0 Å². The SMILES string of the molecule is CCCCN(CCCC)CCCN(C)S(=O)(=O)c1ccc2c(c1)C(=O)c1ccc(S(=O)(=O)N(C)CCCN(CCCC)CCCC)cc1C2=O. The van der Waals surface area contributed by atoms with Gasteiger partial charge in [0.25, 0.3) is 0 Å². The van der Waals surface area contributed by atoms with Crippen LogP contribution in [0.5, 0.6) is 0 Å². The second kappa shape index (κ2) is 19.9. The smallest absolute Gasteiger partial charge is 0.242 e. The van der Waals surface area contributed by atoms with Crippen molar-refractivity contribution >= 4 is 31.6 Å². The molecule has 0 saturated heterocycles. The minimum atomic E-state index is -3.92.